The van der Waals surface area contributed by atoms with E-state index in [0.29, 0.717) is 18.4 Å². The smallest absolute Gasteiger partial charge is 0.326 e. The predicted octanol–water partition coefficient (Wildman–Crippen LogP) is -2.74. The van der Waals surface area contributed by atoms with Crippen LogP contribution >= 0.6 is 0 Å². The standard InChI is InChI=1S/C48H76N12O14/c1-25(2)21-32(41(67)57-34(47(73)74)23-28-12-14-29(62)15-13-28)55-42(68)35(24-61)58-44(70)37-11-7-19-59(37)45(71)31(9-6-18-52-48(50)51)54-40(66)30(16-17-38(63)64)53-43(69)36-10-8-20-60(36)46(72)33(22-26(3)4)56-39(65)27(5)49/h12-15,25-27,30-37,61-62H,6-11,16-24,49H2,1-5H3,(H,53,69)(H,54,66)(H,55,68)(H,56,65)(H,57,67)(H,58,70)(H,63,64)(H,73,74)(H4,50,51,52)/t27-,30-,31-,32-,33-,34-,35-,36-,37-/m0/s1. The Bertz CT molecular complexity index is 2170. The minimum Gasteiger partial charge on any atom is -0.508 e. The van der Waals surface area contributed by atoms with Crippen molar-refractivity contribution in [1.29, 1.82) is 0 Å². The molecule has 1 aromatic rings. The van der Waals surface area contributed by atoms with Gasteiger partial charge in [-0.15, -0.1) is 0 Å². The number of guanidine groups is 1. The van der Waals surface area contributed by atoms with Gasteiger partial charge in [0.25, 0.3) is 0 Å². The average Bonchev–Trinajstić information content (AvgIpc) is 4.03. The number of hydrogen-bond acceptors (Lipinski definition) is 14. The van der Waals surface area contributed by atoms with E-state index in [9.17, 15) is 68.4 Å². The highest BCUT2D eigenvalue weighted by molar-refractivity contribution is 5.98. The molecular weight excluding hydrogens is 969 g/mol. The van der Waals surface area contributed by atoms with Gasteiger partial charge in [0, 0.05) is 32.5 Å². The van der Waals surface area contributed by atoms with Crippen LogP contribution in [-0.2, 0) is 54.4 Å². The quantitative estimate of drug-likeness (QED) is 0.0220. The first kappa shape index (κ1) is 61.2. The molecule has 0 aromatic heterocycles. The number of aliphatic imine (C=N–C) groups is 1. The molecular formula is C48H76N12O14. The Kier molecular flexibility index (Phi) is 24.5. The molecule has 74 heavy (non-hydrogen) atoms. The van der Waals surface area contributed by atoms with Crippen molar-refractivity contribution in [2.75, 3.05) is 26.2 Å². The zero-order valence-corrected chi connectivity index (χ0v) is 42.7. The lowest BCUT2D eigenvalue weighted by Gasteiger charge is -2.32. The Morgan fingerprint density at radius 2 is 1.11 bits per heavy atom. The molecule has 2 aliphatic heterocycles. The van der Waals surface area contributed by atoms with Gasteiger partial charge in [-0.05, 0) is 94.2 Å². The number of carboxylic acid groups (broad SMARTS) is 2. The first-order valence-corrected chi connectivity index (χ1v) is 24.9. The summed E-state index contributed by atoms with van der Waals surface area (Å²) in [6.07, 6.45) is 0.0758. The van der Waals surface area contributed by atoms with E-state index < -0.39 is 133 Å². The van der Waals surface area contributed by atoms with Crippen LogP contribution < -0.4 is 49.1 Å². The summed E-state index contributed by atoms with van der Waals surface area (Å²) < 4.78 is 0. The average molecular weight is 1050 g/mol. The zero-order chi connectivity index (χ0) is 55.4. The number of carbonyl (C=O) groups excluding carboxylic acids is 8. The first-order valence-electron chi connectivity index (χ1n) is 24.9. The Morgan fingerprint density at radius 3 is 1.61 bits per heavy atom. The van der Waals surface area contributed by atoms with Crippen molar-refractivity contribution in [3.63, 3.8) is 0 Å². The number of likely N-dealkylation sites (tertiary alicyclic amines) is 2. The molecule has 16 N–H and O–H groups in total. The minimum atomic E-state index is -1.65. The summed E-state index contributed by atoms with van der Waals surface area (Å²) in [6, 6.07) is -5.88. The molecule has 26 heteroatoms. The third kappa shape index (κ3) is 19.4. The fraction of sp³-hybridized carbons (Fsp3) is 0.646. The molecule has 0 bridgehead atoms. The van der Waals surface area contributed by atoms with Gasteiger partial charge in [-0.2, -0.15) is 0 Å². The van der Waals surface area contributed by atoms with Gasteiger partial charge in [0.2, 0.25) is 47.3 Å². The molecule has 3 rings (SSSR count). The lowest BCUT2D eigenvalue weighted by molar-refractivity contribution is -0.144. The number of aliphatic hydroxyl groups is 1. The van der Waals surface area contributed by atoms with Gasteiger partial charge in [-0.1, -0.05) is 39.8 Å². The number of phenolic OH excluding ortho intramolecular Hbond substituents is 1. The summed E-state index contributed by atoms with van der Waals surface area (Å²) in [5.74, 6) is -9.49. The molecule has 2 aliphatic rings. The van der Waals surface area contributed by atoms with Gasteiger partial charge in [0.05, 0.1) is 12.6 Å². The summed E-state index contributed by atoms with van der Waals surface area (Å²) in [6.45, 7) is 7.89. The summed E-state index contributed by atoms with van der Waals surface area (Å²) in [5.41, 5.74) is 17.2. The van der Waals surface area contributed by atoms with Crippen LogP contribution in [-0.4, -0.2) is 176 Å². The van der Waals surface area contributed by atoms with Crippen LogP contribution in [0.5, 0.6) is 5.75 Å². The molecule has 9 atom stereocenters. The Balaban J connectivity index is 1.82. The number of hydrogen-bond donors (Lipinski definition) is 13. The number of benzene rings is 1. The molecule has 0 spiro atoms. The summed E-state index contributed by atoms with van der Waals surface area (Å²) in [5, 5.41) is 54.6. The summed E-state index contributed by atoms with van der Waals surface area (Å²) in [4.78, 5) is 140. The lowest BCUT2D eigenvalue weighted by atomic mass is 10.0. The molecule has 1 aromatic carbocycles. The van der Waals surface area contributed by atoms with E-state index in [1.165, 1.54) is 41.0 Å². The van der Waals surface area contributed by atoms with Gasteiger partial charge >= 0.3 is 11.9 Å². The Labute approximate surface area is 429 Å². The fourth-order valence-corrected chi connectivity index (χ4v) is 8.62. The van der Waals surface area contributed by atoms with E-state index in [1.54, 1.807) is 13.8 Å². The van der Waals surface area contributed by atoms with Crippen molar-refractivity contribution < 1.29 is 68.4 Å². The molecule has 0 unspecified atom stereocenters. The number of nitrogens with one attached hydrogen (secondary N) is 6. The second-order valence-corrected chi connectivity index (χ2v) is 19.6. The van der Waals surface area contributed by atoms with Crippen LogP contribution in [0, 0.1) is 11.8 Å². The van der Waals surface area contributed by atoms with Gasteiger partial charge in [-0.3, -0.25) is 48.1 Å². The topological polar surface area (TPSA) is 421 Å². The lowest BCUT2D eigenvalue weighted by Crippen LogP contribution is -2.60. The fourth-order valence-electron chi connectivity index (χ4n) is 8.62. The van der Waals surface area contributed by atoms with Crippen LogP contribution in [0.4, 0.5) is 0 Å². The van der Waals surface area contributed by atoms with Gasteiger partial charge in [-0.25, -0.2) is 4.79 Å². The molecule has 2 saturated heterocycles. The monoisotopic (exact) mass is 1040 g/mol. The first-order chi connectivity index (χ1) is 34.8. The maximum absolute atomic E-state index is 14.5. The van der Waals surface area contributed by atoms with Crippen molar-refractivity contribution >= 4 is 65.2 Å². The molecule has 0 saturated carbocycles. The molecule has 0 radical (unpaired) electrons. The summed E-state index contributed by atoms with van der Waals surface area (Å²) in [7, 11) is 0. The highest BCUT2D eigenvalue weighted by atomic mass is 16.4. The number of carboxylic acids is 2. The van der Waals surface area contributed by atoms with Gasteiger partial charge < -0.3 is 79.3 Å². The molecule has 8 amide bonds. The Morgan fingerprint density at radius 1 is 0.635 bits per heavy atom. The molecule has 2 fully saturated rings. The van der Waals surface area contributed by atoms with Crippen molar-refractivity contribution in [2.45, 2.75) is 160 Å². The summed E-state index contributed by atoms with van der Waals surface area (Å²) >= 11 is 0. The minimum absolute atomic E-state index is 0.00583. The van der Waals surface area contributed by atoms with Crippen LogP contribution in [0.15, 0.2) is 29.3 Å². The number of phenols is 1. The van der Waals surface area contributed by atoms with Gasteiger partial charge in [0.15, 0.2) is 5.96 Å². The number of aliphatic hydroxyl groups excluding tert-OH is 1. The maximum Gasteiger partial charge on any atom is 0.326 e. The number of nitrogens with two attached hydrogens (primary N) is 3. The van der Waals surface area contributed by atoms with E-state index in [-0.39, 0.29) is 88.1 Å². The number of nitrogens with zero attached hydrogens (tertiary/aromatic N) is 3. The largest absolute Gasteiger partial charge is 0.508 e. The van der Waals surface area contributed by atoms with E-state index in [0.717, 1.165) is 0 Å². The van der Waals surface area contributed by atoms with Crippen LogP contribution in [0.3, 0.4) is 0 Å². The SMILES string of the molecule is CC(C)C[C@H](NC(=O)[C@H](CO)NC(=O)[C@@H]1CCCN1C(=O)[C@H](CCCN=C(N)N)NC(=O)[C@H](CCC(=O)O)NC(=O)[C@@H]1CCCN1C(=O)[C@H](CC(C)C)NC(=O)[C@H](C)N)C(=O)N[C@@H](Cc1ccc(O)cc1)C(=O)O. The zero-order valence-electron chi connectivity index (χ0n) is 42.7. The highest BCUT2D eigenvalue weighted by Crippen LogP contribution is 2.23. The molecule has 0 aliphatic carbocycles. The number of rotatable bonds is 29. The molecule has 2 heterocycles. The Hall–Kier alpha value is -7.09. The number of aliphatic carboxylic acids is 2. The molecule has 26 nitrogen and oxygen atoms in total. The van der Waals surface area contributed by atoms with Crippen LogP contribution in [0.1, 0.15) is 104 Å². The van der Waals surface area contributed by atoms with E-state index >= 15 is 0 Å². The van der Waals surface area contributed by atoms with Crippen molar-refractivity contribution in [3.05, 3.63) is 29.8 Å². The van der Waals surface area contributed by atoms with E-state index in [4.69, 9.17) is 17.2 Å². The molecule has 412 valence electrons. The third-order valence-electron chi connectivity index (χ3n) is 12.4. The van der Waals surface area contributed by atoms with E-state index in [1.807, 2.05) is 13.8 Å². The van der Waals surface area contributed by atoms with Crippen LogP contribution in [0.25, 0.3) is 0 Å². The highest BCUT2D eigenvalue weighted by Gasteiger charge is 2.42. The second kappa shape index (κ2) is 29.6. The third-order valence-corrected chi connectivity index (χ3v) is 12.4. The normalized spacial score (nSPS) is 18.2. The van der Waals surface area contributed by atoms with E-state index in [2.05, 4.69) is 36.9 Å². The van der Waals surface area contributed by atoms with Gasteiger partial charge in [0.1, 0.15) is 54.1 Å². The predicted molar refractivity (Wildman–Crippen MR) is 267 cm³/mol. The maximum atomic E-state index is 14.5. The number of carbonyl (C=O) groups is 10. The van der Waals surface area contributed by atoms with Crippen LogP contribution in [0.2, 0.25) is 0 Å². The second-order valence-electron chi connectivity index (χ2n) is 19.6. The van der Waals surface area contributed by atoms with Crippen molar-refractivity contribution in [2.24, 2.45) is 34.0 Å². The number of aromatic hydroxyl groups is 1. The van der Waals surface area contributed by atoms with Crippen molar-refractivity contribution in [3.8, 4) is 5.75 Å². The number of amides is 8. The van der Waals surface area contributed by atoms with Crippen molar-refractivity contribution in [1.82, 2.24) is 41.7 Å².